The molecule has 0 unspecified atom stereocenters. The van der Waals surface area contributed by atoms with Crippen molar-refractivity contribution in [2.24, 2.45) is 0 Å². The Hall–Kier alpha value is -4.54. The van der Waals surface area contributed by atoms with Crippen molar-refractivity contribution in [3.63, 3.8) is 0 Å². The number of fused-ring (bicyclic) bond motifs is 8. The fraction of sp³-hybridized carbons (Fsp3) is 0.0882. The maximum Gasteiger partial charge on any atom is 0.226 e. The highest BCUT2D eigenvalue weighted by atomic mass is 35.5. The van der Waals surface area contributed by atoms with Crippen LogP contribution >= 0.6 is 11.6 Å². The van der Waals surface area contributed by atoms with Crippen molar-refractivity contribution in [1.82, 2.24) is 15.0 Å². The maximum absolute atomic E-state index is 6.75. The van der Waals surface area contributed by atoms with E-state index in [0.29, 0.717) is 11.6 Å². The molecule has 0 fully saturated rings. The summed E-state index contributed by atoms with van der Waals surface area (Å²) in [6.07, 6.45) is 0. The number of aromatic nitrogens is 3. The molecule has 39 heavy (non-hydrogen) atoms. The lowest BCUT2D eigenvalue weighted by atomic mass is 9.82. The van der Waals surface area contributed by atoms with E-state index in [2.05, 4.69) is 90.5 Å². The summed E-state index contributed by atoms with van der Waals surface area (Å²) in [5.41, 5.74) is 8.18. The first-order valence-electron chi connectivity index (χ1n) is 13.0. The van der Waals surface area contributed by atoms with E-state index in [1.165, 1.54) is 22.3 Å². The summed E-state index contributed by atoms with van der Waals surface area (Å²) < 4.78 is 6.75. The number of para-hydroxylation sites is 1. The van der Waals surface area contributed by atoms with Crippen LogP contribution in [0.25, 0.3) is 66.6 Å². The van der Waals surface area contributed by atoms with Crippen molar-refractivity contribution >= 4 is 44.3 Å². The fourth-order valence-electron chi connectivity index (χ4n) is 6.21. The van der Waals surface area contributed by atoms with Crippen LogP contribution in [0.2, 0.25) is 5.28 Å². The van der Waals surface area contributed by atoms with Crippen LogP contribution in [-0.4, -0.2) is 15.0 Å². The third kappa shape index (κ3) is 3.22. The van der Waals surface area contributed by atoms with E-state index in [1.807, 2.05) is 30.3 Å². The molecule has 2 heterocycles. The first-order valence-corrected chi connectivity index (χ1v) is 13.4. The number of hydrogen-bond donors (Lipinski definition) is 0. The summed E-state index contributed by atoms with van der Waals surface area (Å²) in [7, 11) is 0. The zero-order chi connectivity index (χ0) is 26.3. The number of hydrogen-bond acceptors (Lipinski definition) is 4. The van der Waals surface area contributed by atoms with E-state index in [4.69, 9.17) is 21.0 Å². The summed E-state index contributed by atoms with van der Waals surface area (Å²) in [5, 5.41) is 4.53. The fourth-order valence-corrected chi connectivity index (χ4v) is 6.37. The molecule has 0 atom stereocenters. The molecule has 5 aromatic carbocycles. The molecule has 8 rings (SSSR count). The van der Waals surface area contributed by atoms with Gasteiger partial charge in [-0.3, -0.25) is 0 Å². The number of furan rings is 1. The number of halogens is 1. The highest BCUT2D eigenvalue weighted by molar-refractivity contribution is 6.28. The molecule has 186 valence electrons. The van der Waals surface area contributed by atoms with Crippen molar-refractivity contribution in [2.75, 3.05) is 0 Å². The highest BCUT2D eigenvalue weighted by Gasteiger charge is 2.38. The largest absolute Gasteiger partial charge is 0.455 e. The minimum Gasteiger partial charge on any atom is -0.455 e. The van der Waals surface area contributed by atoms with E-state index in [0.717, 1.165) is 43.8 Å². The van der Waals surface area contributed by atoms with Gasteiger partial charge in [-0.2, -0.15) is 9.97 Å². The van der Waals surface area contributed by atoms with Gasteiger partial charge in [0.05, 0.1) is 5.56 Å². The Bertz CT molecular complexity index is 2130. The SMILES string of the molecule is CC1(C)c2ccccc2-c2ccc3c(oc4c(-c5nc(Cl)nc(-c6ccc7ccccc7c6)n5)cccc43)c21. The smallest absolute Gasteiger partial charge is 0.226 e. The molecule has 0 amide bonds. The molecule has 0 radical (unpaired) electrons. The molecule has 0 saturated carbocycles. The molecular weight excluding hydrogens is 502 g/mol. The minimum atomic E-state index is -0.181. The zero-order valence-corrected chi connectivity index (χ0v) is 22.1. The second kappa shape index (κ2) is 7.98. The van der Waals surface area contributed by atoms with E-state index >= 15 is 0 Å². The van der Waals surface area contributed by atoms with Gasteiger partial charge in [0.15, 0.2) is 11.6 Å². The lowest BCUT2D eigenvalue weighted by Crippen LogP contribution is -2.15. The summed E-state index contributed by atoms with van der Waals surface area (Å²) in [4.78, 5) is 13.9. The van der Waals surface area contributed by atoms with Gasteiger partial charge in [0.25, 0.3) is 0 Å². The highest BCUT2D eigenvalue weighted by Crippen LogP contribution is 2.52. The predicted octanol–water partition coefficient (Wildman–Crippen LogP) is 9.22. The van der Waals surface area contributed by atoms with Gasteiger partial charge in [-0.25, -0.2) is 4.98 Å². The van der Waals surface area contributed by atoms with Crippen molar-refractivity contribution < 1.29 is 4.42 Å². The molecule has 7 aromatic rings. The second-order valence-electron chi connectivity index (χ2n) is 10.6. The van der Waals surface area contributed by atoms with Crippen molar-refractivity contribution in [3.8, 4) is 33.9 Å². The molecule has 0 spiro atoms. The van der Waals surface area contributed by atoms with Gasteiger partial charge >= 0.3 is 0 Å². The van der Waals surface area contributed by atoms with Gasteiger partial charge in [0, 0.05) is 27.3 Å². The van der Waals surface area contributed by atoms with Crippen LogP contribution in [0, 0.1) is 0 Å². The Morgan fingerprint density at radius 3 is 2.26 bits per heavy atom. The Labute approximate surface area is 229 Å². The van der Waals surface area contributed by atoms with Crippen molar-refractivity contribution in [1.29, 1.82) is 0 Å². The summed E-state index contributed by atoms with van der Waals surface area (Å²) >= 11 is 6.47. The van der Waals surface area contributed by atoms with Crippen molar-refractivity contribution in [3.05, 3.63) is 113 Å². The normalized spacial score (nSPS) is 13.7. The lowest BCUT2D eigenvalue weighted by Gasteiger charge is -2.21. The van der Waals surface area contributed by atoms with E-state index in [1.54, 1.807) is 0 Å². The van der Waals surface area contributed by atoms with Gasteiger partial charge in [-0.1, -0.05) is 92.7 Å². The molecule has 4 nitrogen and oxygen atoms in total. The Balaban J connectivity index is 1.34. The quantitative estimate of drug-likeness (QED) is 0.226. The minimum absolute atomic E-state index is 0.147. The molecule has 2 aromatic heterocycles. The average Bonchev–Trinajstić information content (AvgIpc) is 3.45. The molecule has 0 bridgehead atoms. The van der Waals surface area contributed by atoms with E-state index < -0.39 is 0 Å². The Kier molecular flexibility index (Phi) is 4.59. The molecule has 0 aliphatic heterocycles. The van der Waals surface area contributed by atoms with Gasteiger partial charge in [-0.05, 0) is 57.3 Å². The molecule has 5 heteroatoms. The van der Waals surface area contributed by atoms with Crippen LogP contribution in [0.1, 0.15) is 25.0 Å². The first kappa shape index (κ1) is 22.4. The monoisotopic (exact) mass is 523 g/mol. The van der Waals surface area contributed by atoms with Crippen LogP contribution in [-0.2, 0) is 5.41 Å². The van der Waals surface area contributed by atoms with Gasteiger partial charge < -0.3 is 4.42 Å². The summed E-state index contributed by atoms with van der Waals surface area (Å²) in [6, 6.07) is 33.5. The van der Waals surface area contributed by atoms with Crippen LogP contribution < -0.4 is 0 Å². The number of benzene rings is 5. The van der Waals surface area contributed by atoms with Gasteiger partial charge in [0.1, 0.15) is 11.2 Å². The van der Waals surface area contributed by atoms with E-state index in [9.17, 15) is 0 Å². The Morgan fingerprint density at radius 1 is 0.615 bits per heavy atom. The van der Waals surface area contributed by atoms with Gasteiger partial charge in [-0.15, -0.1) is 0 Å². The molecule has 1 aliphatic rings. The third-order valence-corrected chi connectivity index (χ3v) is 8.21. The van der Waals surface area contributed by atoms with E-state index in [-0.39, 0.29) is 10.7 Å². The summed E-state index contributed by atoms with van der Waals surface area (Å²) in [6.45, 7) is 4.54. The standard InChI is InChI=1S/C34H22ClN3O/c1-34(2)27-13-6-5-10-22(27)23-16-17-25-24-11-7-12-26(29(24)39-30(25)28(23)34)32-36-31(37-33(35)38-32)21-15-14-19-8-3-4-9-20(19)18-21/h3-18H,1-2H3. The third-order valence-electron chi connectivity index (χ3n) is 8.04. The van der Waals surface area contributed by atoms with Crippen LogP contribution in [0.15, 0.2) is 101 Å². The van der Waals surface area contributed by atoms with Crippen LogP contribution in [0.4, 0.5) is 0 Å². The molecule has 0 saturated heterocycles. The molecule has 1 aliphatic carbocycles. The zero-order valence-electron chi connectivity index (χ0n) is 21.4. The maximum atomic E-state index is 6.75. The number of rotatable bonds is 2. The first-order chi connectivity index (χ1) is 19.0. The van der Waals surface area contributed by atoms with Crippen LogP contribution in [0.5, 0.6) is 0 Å². The summed E-state index contributed by atoms with van der Waals surface area (Å²) in [5.74, 6) is 1.02. The number of nitrogens with zero attached hydrogens (tertiary/aromatic N) is 3. The van der Waals surface area contributed by atoms with Crippen LogP contribution in [0.3, 0.4) is 0 Å². The lowest BCUT2D eigenvalue weighted by molar-refractivity contribution is 0.620. The molecule has 0 N–H and O–H groups in total. The van der Waals surface area contributed by atoms with Crippen molar-refractivity contribution in [2.45, 2.75) is 19.3 Å². The topological polar surface area (TPSA) is 51.8 Å². The second-order valence-corrected chi connectivity index (χ2v) is 11.0. The predicted molar refractivity (Wildman–Crippen MR) is 158 cm³/mol. The molecular formula is C34H22ClN3O. The average molecular weight is 524 g/mol. The van der Waals surface area contributed by atoms with Gasteiger partial charge in [0.2, 0.25) is 5.28 Å². The Morgan fingerprint density at radius 2 is 1.36 bits per heavy atom.